The Balaban J connectivity index is 2.48. The van der Waals surface area contributed by atoms with Crippen molar-refractivity contribution in [2.24, 2.45) is 0 Å². The van der Waals surface area contributed by atoms with E-state index in [0.29, 0.717) is 0 Å². The van der Waals surface area contributed by atoms with Crippen molar-refractivity contribution in [2.75, 3.05) is 0 Å². The highest BCUT2D eigenvalue weighted by molar-refractivity contribution is 5.08. The van der Waals surface area contributed by atoms with Crippen LogP contribution in [-0.4, -0.2) is 19.5 Å². The van der Waals surface area contributed by atoms with Crippen molar-refractivity contribution < 1.29 is 0 Å². The highest BCUT2D eigenvalue weighted by Crippen LogP contribution is 1.95. The number of hydrogen-bond acceptors (Lipinski definition) is 2. The Morgan fingerprint density at radius 1 is 1.60 bits per heavy atom. The maximum atomic E-state index is 3.90. The number of hydrogen-bond donors (Lipinski definition) is 1. The molecule has 2 rings (SSSR count). The van der Waals surface area contributed by atoms with E-state index in [1.165, 1.54) is 0 Å². The van der Waals surface area contributed by atoms with Crippen LogP contribution in [0.4, 0.5) is 0 Å². The van der Waals surface area contributed by atoms with Crippen LogP contribution in [0.15, 0.2) is 24.9 Å². The minimum Gasteiger partial charge on any atom is -0.330 e. The van der Waals surface area contributed by atoms with Crippen molar-refractivity contribution in [3.8, 4) is 5.95 Å². The highest BCUT2D eigenvalue weighted by atomic mass is 15.2. The molecule has 1 N–H and O–H groups in total. The molecule has 4 nitrogen and oxygen atoms in total. The van der Waals surface area contributed by atoms with Crippen LogP contribution >= 0.6 is 0 Å². The van der Waals surface area contributed by atoms with E-state index in [1.54, 1.807) is 23.3 Å². The molecule has 2 aromatic rings. The molecule has 2 aromatic heterocycles. The molecule has 0 bridgehead atoms. The molecule has 0 aliphatic rings. The van der Waals surface area contributed by atoms with Gasteiger partial charge in [0.05, 0.1) is 0 Å². The third-order valence-electron chi connectivity index (χ3n) is 1.19. The quantitative estimate of drug-likeness (QED) is 0.611. The molecule has 0 fully saturated rings. The first-order chi connectivity index (χ1) is 4.97. The lowest BCUT2D eigenvalue weighted by atomic mass is 10.8. The molecule has 2 heterocycles. The van der Waals surface area contributed by atoms with Crippen LogP contribution in [0.1, 0.15) is 0 Å². The fourth-order valence-corrected chi connectivity index (χ4v) is 0.739. The van der Waals surface area contributed by atoms with Gasteiger partial charge in [0.1, 0.15) is 12.5 Å². The van der Waals surface area contributed by atoms with Crippen LogP contribution in [0.3, 0.4) is 0 Å². The number of H-pyrrole nitrogens is 1. The first-order valence-electron chi connectivity index (χ1n) is 2.86. The zero-order valence-electron chi connectivity index (χ0n) is 5.15. The summed E-state index contributed by atoms with van der Waals surface area (Å²) in [5, 5.41) is 0. The third kappa shape index (κ3) is 0.699. The average Bonchev–Trinajstić information content (AvgIpc) is 2.59. The number of nitrogens with zero attached hydrogens (tertiary/aromatic N) is 3. The summed E-state index contributed by atoms with van der Waals surface area (Å²) in [6.45, 7) is 0. The van der Waals surface area contributed by atoms with E-state index in [0.717, 1.165) is 5.95 Å². The summed E-state index contributed by atoms with van der Waals surface area (Å²) in [7, 11) is 0. The first-order valence-corrected chi connectivity index (χ1v) is 2.86. The summed E-state index contributed by atoms with van der Waals surface area (Å²) in [4.78, 5) is 10.7. The van der Waals surface area contributed by atoms with E-state index in [4.69, 9.17) is 0 Å². The van der Waals surface area contributed by atoms with E-state index in [2.05, 4.69) is 21.1 Å². The number of imidazole rings is 2. The molecule has 0 unspecified atom stereocenters. The molecule has 4 heteroatoms. The smallest absolute Gasteiger partial charge is 0.213 e. The molecule has 10 heavy (non-hydrogen) atoms. The lowest BCUT2D eigenvalue weighted by Gasteiger charge is -1.91. The maximum Gasteiger partial charge on any atom is 0.213 e. The Bertz CT molecular complexity index is 249. The van der Waals surface area contributed by atoms with Gasteiger partial charge in [0.15, 0.2) is 0 Å². The lowest BCUT2D eigenvalue weighted by Crippen LogP contribution is -1.90. The van der Waals surface area contributed by atoms with Gasteiger partial charge < -0.3 is 4.98 Å². The minimum absolute atomic E-state index is 0.734. The summed E-state index contributed by atoms with van der Waals surface area (Å²) in [5.41, 5.74) is 0. The summed E-state index contributed by atoms with van der Waals surface area (Å²) >= 11 is 0. The standard InChI is InChI=1S/C6H5N4/c1-2-9-6(8-1)10-4-3-7-5-10/h1,3-5H,(H,8,9). The van der Waals surface area contributed by atoms with Gasteiger partial charge in [0.25, 0.3) is 0 Å². The van der Waals surface area contributed by atoms with Crippen molar-refractivity contribution in [2.45, 2.75) is 0 Å². The SMILES string of the molecule is [c]1c[nH]c(-n2ccnc2)n1. The molecule has 0 aliphatic carbocycles. The number of rotatable bonds is 1. The van der Waals surface area contributed by atoms with Crippen molar-refractivity contribution in [3.63, 3.8) is 0 Å². The van der Waals surface area contributed by atoms with Crippen LogP contribution in [0.5, 0.6) is 0 Å². The molecule has 1 radical (unpaired) electrons. The van der Waals surface area contributed by atoms with Gasteiger partial charge in [0, 0.05) is 18.6 Å². The molecular weight excluding hydrogens is 128 g/mol. The van der Waals surface area contributed by atoms with Crippen LogP contribution in [-0.2, 0) is 0 Å². The second-order valence-electron chi connectivity index (χ2n) is 1.82. The van der Waals surface area contributed by atoms with Gasteiger partial charge in [0.2, 0.25) is 5.95 Å². The molecule has 49 valence electrons. The predicted molar refractivity (Wildman–Crippen MR) is 34.5 cm³/mol. The second-order valence-corrected chi connectivity index (χ2v) is 1.82. The second kappa shape index (κ2) is 1.98. The number of nitrogens with one attached hydrogen (secondary N) is 1. The molecule has 0 amide bonds. The number of aromatic amines is 1. The first kappa shape index (κ1) is 5.22. The van der Waals surface area contributed by atoms with Crippen LogP contribution in [0.2, 0.25) is 0 Å². The van der Waals surface area contributed by atoms with Gasteiger partial charge in [-0.2, -0.15) is 0 Å². The summed E-state index contributed by atoms with van der Waals surface area (Å²) in [6.07, 6.45) is 9.49. The summed E-state index contributed by atoms with van der Waals surface area (Å²) in [5.74, 6) is 0.734. The Labute approximate surface area is 57.6 Å². The summed E-state index contributed by atoms with van der Waals surface area (Å²) in [6, 6.07) is 0. The van der Waals surface area contributed by atoms with E-state index < -0.39 is 0 Å². The Hall–Kier alpha value is -1.58. The monoisotopic (exact) mass is 133 g/mol. The van der Waals surface area contributed by atoms with E-state index in [9.17, 15) is 0 Å². The topological polar surface area (TPSA) is 46.5 Å². The van der Waals surface area contributed by atoms with E-state index in [1.807, 2.05) is 6.20 Å². The van der Waals surface area contributed by atoms with Crippen molar-refractivity contribution in [1.29, 1.82) is 0 Å². The van der Waals surface area contributed by atoms with Crippen LogP contribution < -0.4 is 0 Å². The number of aromatic nitrogens is 4. The molecule has 0 saturated carbocycles. The molecular formula is C6H5N4. The van der Waals surface area contributed by atoms with Gasteiger partial charge in [-0.25, -0.2) is 9.97 Å². The summed E-state index contributed by atoms with van der Waals surface area (Å²) < 4.78 is 1.77. The average molecular weight is 133 g/mol. The van der Waals surface area contributed by atoms with Crippen molar-refractivity contribution in [1.82, 2.24) is 19.5 Å². The maximum absolute atomic E-state index is 3.90. The lowest BCUT2D eigenvalue weighted by molar-refractivity contribution is 0.959. The van der Waals surface area contributed by atoms with Gasteiger partial charge in [-0.3, -0.25) is 4.57 Å². The van der Waals surface area contributed by atoms with Gasteiger partial charge in [-0.1, -0.05) is 0 Å². The van der Waals surface area contributed by atoms with E-state index >= 15 is 0 Å². The third-order valence-corrected chi connectivity index (χ3v) is 1.19. The highest BCUT2D eigenvalue weighted by Gasteiger charge is 1.93. The predicted octanol–water partition coefficient (Wildman–Crippen LogP) is 0.396. The minimum atomic E-state index is 0.734. The molecule has 0 atom stereocenters. The van der Waals surface area contributed by atoms with Gasteiger partial charge in [-0.15, -0.1) is 0 Å². The fourth-order valence-electron chi connectivity index (χ4n) is 0.739. The zero-order chi connectivity index (χ0) is 6.81. The normalized spacial score (nSPS) is 10.0. The fraction of sp³-hybridized carbons (Fsp3) is 0. The van der Waals surface area contributed by atoms with Gasteiger partial charge >= 0.3 is 0 Å². The Kier molecular flexibility index (Phi) is 1.04. The largest absolute Gasteiger partial charge is 0.330 e. The van der Waals surface area contributed by atoms with Gasteiger partial charge in [-0.05, 0) is 0 Å². The van der Waals surface area contributed by atoms with Crippen molar-refractivity contribution in [3.05, 3.63) is 31.1 Å². The van der Waals surface area contributed by atoms with Crippen molar-refractivity contribution >= 4 is 0 Å². The van der Waals surface area contributed by atoms with E-state index in [-0.39, 0.29) is 0 Å². The molecule has 0 saturated heterocycles. The molecule has 0 aromatic carbocycles. The Morgan fingerprint density at radius 2 is 2.60 bits per heavy atom. The van der Waals surface area contributed by atoms with Crippen LogP contribution in [0, 0.1) is 6.20 Å². The molecule has 0 spiro atoms. The Morgan fingerprint density at radius 3 is 3.20 bits per heavy atom. The zero-order valence-corrected chi connectivity index (χ0v) is 5.15. The molecule has 0 aliphatic heterocycles. The van der Waals surface area contributed by atoms with Crippen LogP contribution in [0.25, 0.3) is 5.95 Å².